The number of benzene rings is 2. The number of nitrogens with one attached hydrogen (secondary N) is 2. The second-order valence-corrected chi connectivity index (χ2v) is 5.89. The van der Waals surface area contributed by atoms with Crippen LogP contribution >= 0.6 is 11.6 Å². The molecule has 0 aliphatic rings. The molecule has 0 atom stereocenters. The fourth-order valence-electron chi connectivity index (χ4n) is 1.96. The van der Waals surface area contributed by atoms with Gasteiger partial charge < -0.3 is 15.2 Å². The summed E-state index contributed by atoms with van der Waals surface area (Å²) >= 11 is 5.74. The molecule has 142 valence electrons. The van der Waals surface area contributed by atoms with Gasteiger partial charge in [-0.1, -0.05) is 23.7 Å². The van der Waals surface area contributed by atoms with Crippen LogP contribution < -0.4 is 21.3 Å². The Morgan fingerprint density at radius 3 is 2.30 bits per heavy atom. The number of para-hydroxylation sites is 1. The molecule has 2 aromatic rings. The molecular weight excluding hydrogens is 374 g/mol. The summed E-state index contributed by atoms with van der Waals surface area (Å²) in [5.74, 6) is -1.59. The molecule has 2 aromatic carbocycles. The molecule has 0 aliphatic carbocycles. The Hall–Kier alpha value is -3.26. The van der Waals surface area contributed by atoms with Crippen LogP contribution in [0.1, 0.15) is 15.9 Å². The molecule has 0 saturated heterocycles. The van der Waals surface area contributed by atoms with Crippen molar-refractivity contribution in [1.29, 1.82) is 0 Å². The number of esters is 1. The normalized spacial score (nSPS) is 10.0. The Balaban J connectivity index is 1.71. The Labute approximate surface area is 160 Å². The van der Waals surface area contributed by atoms with Gasteiger partial charge in [0, 0.05) is 10.7 Å². The van der Waals surface area contributed by atoms with E-state index in [1.54, 1.807) is 43.3 Å². The molecule has 0 aliphatic heterocycles. The number of rotatable bonds is 6. The molecule has 0 saturated carbocycles. The molecule has 0 spiro atoms. The Morgan fingerprint density at radius 2 is 1.63 bits per heavy atom. The first kappa shape index (κ1) is 20.1. The number of amides is 2. The Bertz CT molecular complexity index is 839. The zero-order valence-corrected chi connectivity index (χ0v) is 15.2. The van der Waals surface area contributed by atoms with Crippen LogP contribution in [0.25, 0.3) is 0 Å². The van der Waals surface area contributed by atoms with E-state index in [1.165, 1.54) is 6.07 Å². The van der Waals surface area contributed by atoms with Gasteiger partial charge in [-0.05, 0) is 42.8 Å². The summed E-state index contributed by atoms with van der Waals surface area (Å²) < 4.78 is 10.1. The highest BCUT2D eigenvalue weighted by Crippen LogP contribution is 2.17. The van der Waals surface area contributed by atoms with Gasteiger partial charge in [0.05, 0.1) is 5.56 Å². The van der Waals surface area contributed by atoms with Crippen LogP contribution in [0.2, 0.25) is 5.02 Å². The van der Waals surface area contributed by atoms with Crippen molar-refractivity contribution in [2.75, 3.05) is 18.9 Å². The second-order valence-electron chi connectivity index (χ2n) is 5.45. The van der Waals surface area contributed by atoms with Gasteiger partial charge in [-0.3, -0.25) is 20.4 Å². The third-order valence-corrected chi connectivity index (χ3v) is 3.66. The molecule has 2 rings (SSSR count). The standard InChI is InChI=1S/C18H18ClN3O5/c1-11-3-2-4-14(17(11)20)18(25)27-10-16(24)22-21-15(23)9-26-13-7-5-12(19)6-8-13/h2-8H,9-10,20H2,1H3,(H,21,23)(H,22,24). The largest absolute Gasteiger partial charge is 0.484 e. The minimum atomic E-state index is -0.733. The van der Waals surface area contributed by atoms with Crippen molar-refractivity contribution in [1.82, 2.24) is 10.9 Å². The monoisotopic (exact) mass is 391 g/mol. The van der Waals surface area contributed by atoms with E-state index in [4.69, 9.17) is 26.8 Å². The smallest absolute Gasteiger partial charge is 0.340 e. The lowest BCUT2D eigenvalue weighted by atomic mass is 10.1. The number of hydrogen-bond acceptors (Lipinski definition) is 6. The molecule has 0 unspecified atom stereocenters. The van der Waals surface area contributed by atoms with Crippen LogP contribution in [0.5, 0.6) is 5.75 Å². The maximum Gasteiger partial charge on any atom is 0.340 e. The summed E-state index contributed by atoms with van der Waals surface area (Å²) in [5, 5.41) is 0.543. The first-order chi connectivity index (χ1) is 12.9. The molecular formula is C18H18ClN3O5. The topological polar surface area (TPSA) is 120 Å². The van der Waals surface area contributed by atoms with E-state index in [-0.39, 0.29) is 17.9 Å². The SMILES string of the molecule is Cc1cccc(C(=O)OCC(=O)NNC(=O)COc2ccc(Cl)cc2)c1N. The van der Waals surface area contributed by atoms with E-state index < -0.39 is 24.4 Å². The number of aryl methyl sites for hydroxylation is 1. The van der Waals surface area contributed by atoms with Crippen molar-refractivity contribution in [3.05, 3.63) is 58.6 Å². The van der Waals surface area contributed by atoms with Gasteiger partial charge >= 0.3 is 5.97 Å². The zero-order chi connectivity index (χ0) is 19.8. The number of carbonyl (C=O) groups excluding carboxylic acids is 3. The summed E-state index contributed by atoms with van der Waals surface area (Å²) in [6.45, 7) is 0.854. The second kappa shape index (κ2) is 9.44. The summed E-state index contributed by atoms with van der Waals surface area (Å²) in [6.07, 6.45) is 0. The van der Waals surface area contributed by atoms with Crippen molar-refractivity contribution in [3.8, 4) is 5.75 Å². The molecule has 8 nitrogen and oxygen atoms in total. The number of halogens is 1. The predicted octanol–water partition coefficient (Wildman–Crippen LogP) is 1.61. The highest BCUT2D eigenvalue weighted by Gasteiger charge is 2.14. The van der Waals surface area contributed by atoms with Crippen LogP contribution in [0.4, 0.5) is 5.69 Å². The van der Waals surface area contributed by atoms with E-state index in [9.17, 15) is 14.4 Å². The van der Waals surface area contributed by atoms with E-state index in [0.29, 0.717) is 10.8 Å². The van der Waals surface area contributed by atoms with E-state index in [2.05, 4.69) is 10.9 Å². The Kier molecular flexibility index (Phi) is 7.01. The lowest BCUT2D eigenvalue weighted by Gasteiger charge is -2.10. The highest BCUT2D eigenvalue weighted by atomic mass is 35.5. The maximum atomic E-state index is 11.9. The average molecular weight is 392 g/mol. The number of anilines is 1. The first-order valence-corrected chi connectivity index (χ1v) is 8.23. The molecule has 0 bridgehead atoms. The van der Waals surface area contributed by atoms with Gasteiger partial charge in [0.1, 0.15) is 5.75 Å². The summed E-state index contributed by atoms with van der Waals surface area (Å²) in [6, 6.07) is 11.3. The highest BCUT2D eigenvalue weighted by molar-refractivity contribution is 6.30. The molecule has 27 heavy (non-hydrogen) atoms. The van der Waals surface area contributed by atoms with Crippen LogP contribution in [-0.4, -0.2) is 31.0 Å². The van der Waals surface area contributed by atoms with Crippen LogP contribution in [0.3, 0.4) is 0 Å². The van der Waals surface area contributed by atoms with Crippen molar-refractivity contribution >= 4 is 35.1 Å². The van der Waals surface area contributed by atoms with Crippen LogP contribution in [-0.2, 0) is 14.3 Å². The van der Waals surface area contributed by atoms with Crippen molar-refractivity contribution < 1.29 is 23.9 Å². The minimum Gasteiger partial charge on any atom is -0.484 e. The molecule has 0 radical (unpaired) electrons. The lowest BCUT2D eigenvalue weighted by Crippen LogP contribution is -2.45. The minimum absolute atomic E-state index is 0.170. The van der Waals surface area contributed by atoms with E-state index >= 15 is 0 Å². The lowest BCUT2D eigenvalue weighted by molar-refractivity contribution is -0.131. The quantitative estimate of drug-likeness (QED) is 0.391. The van der Waals surface area contributed by atoms with E-state index in [0.717, 1.165) is 5.56 Å². The fourth-order valence-corrected chi connectivity index (χ4v) is 2.08. The number of nitrogen functional groups attached to an aromatic ring is 1. The molecule has 0 heterocycles. The number of ether oxygens (including phenoxy) is 2. The molecule has 9 heteroatoms. The zero-order valence-electron chi connectivity index (χ0n) is 14.5. The third kappa shape index (κ3) is 6.19. The van der Waals surface area contributed by atoms with E-state index in [1.807, 2.05) is 0 Å². The summed E-state index contributed by atoms with van der Waals surface area (Å²) in [4.78, 5) is 35.2. The van der Waals surface area contributed by atoms with Crippen LogP contribution in [0, 0.1) is 6.92 Å². The van der Waals surface area contributed by atoms with Crippen molar-refractivity contribution in [3.63, 3.8) is 0 Å². The fraction of sp³-hybridized carbons (Fsp3) is 0.167. The van der Waals surface area contributed by atoms with Gasteiger partial charge in [-0.15, -0.1) is 0 Å². The van der Waals surface area contributed by atoms with Gasteiger partial charge in [0.15, 0.2) is 13.2 Å². The number of nitrogens with two attached hydrogens (primary N) is 1. The first-order valence-electron chi connectivity index (χ1n) is 7.85. The van der Waals surface area contributed by atoms with Gasteiger partial charge in [0.25, 0.3) is 11.8 Å². The van der Waals surface area contributed by atoms with Crippen molar-refractivity contribution in [2.45, 2.75) is 6.92 Å². The third-order valence-electron chi connectivity index (χ3n) is 3.40. The summed E-state index contributed by atoms with van der Waals surface area (Å²) in [7, 11) is 0. The predicted molar refractivity (Wildman–Crippen MR) is 99.1 cm³/mol. The van der Waals surface area contributed by atoms with Gasteiger partial charge in [-0.2, -0.15) is 0 Å². The number of hydrazine groups is 1. The number of hydrogen-bond donors (Lipinski definition) is 3. The Morgan fingerprint density at radius 1 is 1.00 bits per heavy atom. The number of carbonyl (C=O) groups is 3. The van der Waals surface area contributed by atoms with Gasteiger partial charge in [0.2, 0.25) is 0 Å². The van der Waals surface area contributed by atoms with Gasteiger partial charge in [-0.25, -0.2) is 4.79 Å². The molecule has 4 N–H and O–H groups in total. The maximum absolute atomic E-state index is 11.9. The molecule has 2 amide bonds. The van der Waals surface area contributed by atoms with Crippen LogP contribution in [0.15, 0.2) is 42.5 Å². The average Bonchev–Trinajstić information content (AvgIpc) is 2.66. The molecule has 0 aromatic heterocycles. The van der Waals surface area contributed by atoms with Crippen molar-refractivity contribution in [2.24, 2.45) is 0 Å². The molecule has 0 fully saturated rings. The summed E-state index contributed by atoms with van der Waals surface area (Å²) in [5.41, 5.74) is 11.2.